The van der Waals surface area contributed by atoms with Crippen LogP contribution in [0.3, 0.4) is 0 Å². The second kappa shape index (κ2) is 10.5. The Kier molecular flexibility index (Phi) is 9.71. The summed E-state index contributed by atoms with van der Waals surface area (Å²) in [6.45, 7) is 7.51. The number of nitrogens with one attached hydrogen (secondary N) is 2. The molecule has 0 saturated carbocycles. The van der Waals surface area contributed by atoms with Gasteiger partial charge in [0.25, 0.3) is 0 Å². The maximum absolute atomic E-state index is 5.25. The monoisotopic (exact) mass is 373 g/mol. The van der Waals surface area contributed by atoms with Crippen LogP contribution >= 0.6 is 24.0 Å². The molecule has 19 heavy (non-hydrogen) atoms. The van der Waals surface area contributed by atoms with E-state index in [0.717, 1.165) is 24.3 Å². The molecule has 1 aromatic rings. The van der Waals surface area contributed by atoms with Gasteiger partial charge in [0.1, 0.15) is 5.76 Å². The fourth-order valence-electron chi connectivity index (χ4n) is 1.28. The molecule has 0 amide bonds. The third kappa shape index (κ3) is 8.32. The molecule has 0 aromatic carbocycles. The van der Waals surface area contributed by atoms with Crippen molar-refractivity contribution in [3.05, 3.63) is 36.3 Å². The fourth-order valence-corrected chi connectivity index (χ4v) is 1.28. The maximum Gasteiger partial charge on any atom is 0.192 e. The number of hydrogen-bond acceptors (Lipinski definition) is 2. The zero-order valence-corrected chi connectivity index (χ0v) is 13.4. The minimum Gasteiger partial charge on any atom is -0.469 e. The van der Waals surface area contributed by atoms with Gasteiger partial charge in [-0.3, -0.25) is 0 Å². The van der Waals surface area contributed by atoms with Crippen molar-refractivity contribution in [2.24, 2.45) is 4.99 Å². The standard InChI is InChI=1S/C14H19N3O.HI/c1-4-8-15-14(17-11-12(2)3)16-9-7-13-6-5-10-18-13;/h1,5-6,10H,2,7-9,11H2,3H3,(H2,15,16,17);1H. The summed E-state index contributed by atoms with van der Waals surface area (Å²) < 4.78 is 5.25. The average molecular weight is 373 g/mol. The average Bonchev–Trinajstić information content (AvgIpc) is 2.84. The molecule has 0 saturated heterocycles. The van der Waals surface area contributed by atoms with Gasteiger partial charge < -0.3 is 15.1 Å². The summed E-state index contributed by atoms with van der Waals surface area (Å²) in [6, 6.07) is 3.82. The van der Waals surface area contributed by atoms with Crippen molar-refractivity contribution in [3.8, 4) is 12.3 Å². The third-order valence-electron chi connectivity index (χ3n) is 2.11. The quantitative estimate of drug-likeness (QED) is 0.264. The van der Waals surface area contributed by atoms with Gasteiger partial charge in [-0.25, -0.2) is 4.99 Å². The molecule has 1 rings (SSSR count). The van der Waals surface area contributed by atoms with Crippen LogP contribution in [0.5, 0.6) is 0 Å². The number of rotatable bonds is 6. The summed E-state index contributed by atoms with van der Waals surface area (Å²) in [4.78, 5) is 4.35. The van der Waals surface area contributed by atoms with E-state index < -0.39 is 0 Å². The van der Waals surface area contributed by atoms with E-state index in [1.807, 2.05) is 19.1 Å². The van der Waals surface area contributed by atoms with Gasteiger partial charge in [-0.2, -0.15) is 0 Å². The molecule has 0 fully saturated rings. The lowest BCUT2D eigenvalue weighted by Crippen LogP contribution is -2.38. The largest absolute Gasteiger partial charge is 0.469 e. The van der Waals surface area contributed by atoms with E-state index >= 15 is 0 Å². The molecule has 0 aliphatic carbocycles. The van der Waals surface area contributed by atoms with Crippen LogP contribution < -0.4 is 10.6 Å². The predicted octanol–water partition coefficient (Wildman–Crippen LogP) is 2.18. The normalized spacial score (nSPS) is 10.2. The molecule has 1 aromatic heterocycles. The van der Waals surface area contributed by atoms with Gasteiger partial charge in [-0.15, -0.1) is 30.4 Å². The topological polar surface area (TPSA) is 49.6 Å². The Morgan fingerprint density at radius 2 is 2.32 bits per heavy atom. The molecule has 2 N–H and O–H groups in total. The van der Waals surface area contributed by atoms with E-state index in [9.17, 15) is 0 Å². The van der Waals surface area contributed by atoms with Crippen LogP contribution in [0.15, 0.2) is 40.0 Å². The van der Waals surface area contributed by atoms with Gasteiger partial charge in [-0.05, 0) is 19.1 Å². The molecule has 0 aliphatic heterocycles. The van der Waals surface area contributed by atoms with E-state index in [1.54, 1.807) is 6.26 Å². The molecule has 1 heterocycles. The van der Waals surface area contributed by atoms with Crippen LogP contribution in [0.1, 0.15) is 12.7 Å². The first-order valence-electron chi connectivity index (χ1n) is 5.84. The Hall–Kier alpha value is -1.42. The van der Waals surface area contributed by atoms with Crippen molar-refractivity contribution >= 4 is 29.9 Å². The first-order valence-corrected chi connectivity index (χ1v) is 5.84. The summed E-state index contributed by atoms with van der Waals surface area (Å²) in [5.74, 6) is 4.16. The second-order valence-electron chi connectivity index (χ2n) is 3.94. The molecule has 104 valence electrons. The molecule has 0 unspecified atom stereocenters. The van der Waals surface area contributed by atoms with Gasteiger partial charge >= 0.3 is 0 Å². The summed E-state index contributed by atoms with van der Waals surface area (Å²) in [6.07, 6.45) is 7.68. The van der Waals surface area contributed by atoms with Crippen LogP contribution in [0.25, 0.3) is 0 Å². The summed E-state index contributed by atoms with van der Waals surface area (Å²) in [5, 5.41) is 6.23. The number of terminal acetylenes is 1. The number of nitrogens with zero attached hydrogens (tertiary/aromatic N) is 1. The van der Waals surface area contributed by atoms with Crippen LogP contribution in [0.2, 0.25) is 0 Å². The van der Waals surface area contributed by atoms with Crippen molar-refractivity contribution in [1.82, 2.24) is 10.6 Å². The minimum atomic E-state index is 0. The Morgan fingerprint density at radius 1 is 1.53 bits per heavy atom. The van der Waals surface area contributed by atoms with Gasteiger partial charge in [-0.1, -0.05) is 18.1 Å². The number of aliphatic imine (C=N–C) groups is 1. The highest BCUT2D eigenvalue weighted by atomic mass is 127. The van der Waals surface area contributed by atoms with E-state index in [2.05, 4.69) is 28.1 Å². The summed E-state index contributed by atoms with van der Waals surface area (Å²) in [7, 11) is 0. The maximum atomic E-state index is 5.25. The molecule has 0 bridgehead atoms. The number of halogens is 1. The number of guanidine groups is 1. The third-order valence-corrected chi connectivity index (χ3v) is 2.11. The smallest absolute Gasteiger partial charge is 0.192 e. The molecule has 0 spiro atoms. The predicted molar refractivity (Wildman–Crippen MR) is 89.8 cm³/mol. The van der Waals surface area contributed by atoms with Gasteiger partial charge in [0.05, 0.1) is 19.4 Å². The second-order valence-corrected chi connectivity index (χ2v) is 3.94. The Morgan fingerprint density at radius 3 is 2.89 bits per heavy atom. The van der Waals surface area contributed by atoms with Crippen molar-refractivity contribution in [1.29, 1.82) is 0 Å². The highest BCUT2D eigenvalue weighted by Crippen LogP contribution is 1.99. The lowest BCUT2D eigenvalue weighted by molar-refractivity contribution is 0.507. The van der Waals surface area contributed by atoms with Crippen molar-refractivity contribution in [2.45, 2.75) is 13.3 Å². The van der Waals surface area contributed by atoms with E-state index in [1.165, 1.54) is 0 Å². The SMILES string of the molecule is C#CCNC(=NCC(=C)C)NCCc1ccco1.I. The Bertz CT molecular complexity index is 432. The summed E-state index contributed by atoms with van der Waals surface area (Å²) >= 11 is 0. The van der Waals surface area contributed by atoms with Crippen molar-refractivity contribution < 1.29 is 4.42 Å². The molecule has 5 heteroatoms. The minimum absolute atomic E-state index is 0. The zero-order chi connectivity index (χ0) is 13.2. The molecule has 0 radical (unpaired) electrons. The highest BCUT2D eigenvalue weighted by molar-refractivity contribution is 14.0. The molecule has 0 atom stereocenters. The Labute approximate surface area is 131 Å². The highest BCUT2D eigenvalue weighted by Gasteiger charge is 1.99. The van der Waals surface area contributed by atoms with Crippen LogP contribution in [0.4, 0.5) is 0 Å². The summed E-state index contributed by atoms with van der Waals surface area (Å²) in [5.41, 5.74) is 1.00. The fraction of sp³-hybridized carbons (Fsp3) is 0.357. The van der Waals surface area contributed by atoms with Gasteiger partial charge in [0.15, 0.2) is 5.96 Å². The number of hydrogen-bond donors (Lipinski definition) is 2. The lowest BCUT2D eigenvalue weighted by Gasteiger charge is -2.10. The van der Waals surface area contributed by atoms with Crippen LogP contribution in [-0.4, -0.2) is 25.6 Å². The lowest BCUT2D eigenvalue weighted by atomic mass is 10.3. The van der Waals surface area contributed by atoms with Gasteiger partial charge in [0.2, 0.25) is 0 Å². The molecule has 4 nitrogen and oxygen atoms in total. The first-order chi connectivity index (χ1) is 8.72. The first kappa shape index (κ1) is 17.6. The molecule has 0 aliphatic rings. The Balaban J connectivity index is 0.00000324. The molecular weight excluding hydrogens is 353 g/mol. The number of furan rings is 1. The van der Waals surface area contributed by atoms with Crippen molar-refractivity contribution in [2.75, 3.05) is 19.6 Å². The van der Waals surface area contributed by atoms with Crippen molar-refractivity contribution in [3.63, 3.8) is 0 Å². The van der Waals surface area contributed by atoms with E-state index in [4.69, 9.17) is 10.8 Å². The van der Waals surface area contributed by atoms with Crippen LogP contribution in [-0.2, 0) is 6.42 Å². The van der Waals surface area contributed by atoms with Crippen LogP contribution in [0, 0.1) is 12.3 Å². The molecular formula is C14H20IN3O. The van der Waals surface area contributed by atoms with E-state index in [0.29, 0.717) is 19.0 Å². The van der Waals surface area contributed by atoms with E-state index in [-0.39, 0.29) is 24.0 Å². The zero-order valence-electron chi connectivity index (χ0n) is 11.1. The van der Waals surface area contributed by atoms with Gasteiger partial charge in [0, 0.05) is 13.0 Å².